The standard InChI is InChI=1S/C25H25N3O6/c29-21-13-16-12-19(9-10-20(16)28-23(21)25(33)26-14-22(30)31)34-18-8-4-5-15(11-18)24(32)27-17-6-2-1-3-7-17/h4-5,8-13,17,29H,1-3,6-7,14H2,(H,26,33)(H,27,32)(H,30,31). The lowest BCUT2D eigenvalue weighted by Crippen LogP contribution is -2.36. The van der Waals surface area contributed by atoms with Crippen LogP contribution in [0.15, 0.2) is 48.5 Å². The first-order valence-corrected chi connectivity index (χ1v) is 11.1. The number of ether oxygens (including phenoxy) is 1. The molecule has 2 amide bonds. The van der Waals surface area contributed by atoms with Gasteiger partial charge in [0.15, 0.2) is 5.69 Å². The average Bonchev–Trinajstić information content (AvgIpc) is 2.83. The number of carboxylic acids is 1. The molecule has 0 spiro atoms. The molecule has 0 saturated heterocycles. The van der Waals surface area contributed by atoms with Crippen molar-refractivity contribution in [3.05, 3.63) is 59.8 Å². The van der Waals surface area contributed by atoms with Gasteiger partial charge in [-0.1, -0.05) is 25.3 Å². The van der Waals surface area contributed by atoms with Gasteiger partial charge in [0.2, 0.25) is 0 Å². The van der Waals surface area contributed by atoms with Gasteiger partial charge in [-0.05, 0) is 55.3 Å². The van der Waals surface area contributed by atoms with Crippen LogP contribution in [0.25, 0.3) is 10.9 Å². The number of fused-ring (bicyclic) bond motifs is 1. The Hall–Kier alpha value is -4.14. The lowest BCUT2D eigenvalue weighted by molar-refractivity contribution is -0.135. The van der Waals surface area contributed by atoms with E-state index in [-0.39, 0.29) is 23.4 Å². The fraction of sp³-hybridized carbons (Fsp3) is 0.280. The molecular formula is C25H25N3O6. The van der Waals surface area contributed by atoms with Crippen LogP contribution in [0.3, 0.4) is 0 Å². The van der Waals surface area contributed by atoms with E-state index in [1.54, 1.807) is 42.5 Å². The number of carboxylic acid groups (broad SMARTS) is 1. The summed E-state index contributed by atoms with van der Waals surface area (Å²) >= 11 is 0. The zero-order valence-corrected chi connectivity index (χ0v) is 18.4. The molecule has 0 aliphatic heterocycles. The number of nitrogens with zero attached hydrogens (tertiary/aromatic N) is 1. The summed E-state index contributed by atoms with van der Waals surface area (Å²) in [5.74, 6) is -1.55. The molecule has 176 valence electrons. The fourth-order valence-electron chi connectivity index (χ4n) is 3.97. The number of carbonyl (C=O) groups is 3. The number of hydrogen-bond donors (Lipinski definition) is 4. The minimum absolute atomic E-state index is 0.126. The van der Waals surface area contributed by atoms with Gasteiger partial charge in [-0.25, -0.2) is 4.98 Å². The molecule has 1 heterocycles. The highest BCUT2D eigenvalue weighted by Crippen LogP contribution is 2.29. The molecule has 1 aliphatic rings. The Kier molecular flexibility index (Phi) is 6.91. The van der Waals surface area contributed by atoms with E-state index in [1.807, 2.05) is 0 Å². The molecule has 9 heteroatoms. The highest BCUT2D eigenvalue weighted by atomic mass is 16.5. The van der Waals surface area contributed by atoms with Gasteiger partial charge >= 0.3 is 5.97 Å². The van der Waals surface area contributed by atoms with Gasteiger partial charge in [0.05, 0.1) is 5.52 Å². The molecule has 9 nitrogen and oxygen atoms in total. The Bertz CT molecular complexity index is 1240. The SMILES string of the molecule is O=C(O)CNC(=O)c1nc2ccc(Oc3cccc(C(=O)NC4CCCCC4)c3)cc2cc1O. The van der Waals surface area contributed by atoms with E-state index in [4.69, 9.17) is 9.84 Å². The van der Waals surface area contributed by atoms with E-state index in [0.717, 1.165) is 25.7 Å². The molecule has 1 saturated carbocycles. The van der Waals surface area contributed by atoms with E-state index >= 15 is 0 Å². The highest BCUT2D eigenvalue weighted by Gasteiger charge is 2.18. The van der Waals surface area contributed by atoms with Gasteiger partial charge in [0.25, 0.3) is 11.8 Å². The van der Waals surface area contributed by atoms with Crippen molar-refractivity contribution < 1.29 is 29.3 Å². The van der Waals surface area contributed by atoms with Gasteiger partial charge in [-0.15, -0.1) is 0 Å². The largest absolute Gasteiger partial charge is 0.505 e. The van der Waals surface area contributed by atoms with Crippen molar-refractivity contribution in [3.63, 3.8) is 0 Å². The average molecular weight is 463 g/mol. The van der Waals surface area contributed by atoms with Crippen LogP contribution in [-0.4, -0.2) is 45.6 Å². The predicted octanol–water partition coefficient (Wildman–Crippen LogP) is 3.61. The van der Waals surface area contributed by atoms with Gasteiger partial charge in [-0.3, -0.25) is 14.4 Å². The second kappa shape index (κ2) is 10.2. The lowest BCUT2D eigenvalue weighted by Gasteiger charge is -2.22. The van der Waals surface area contributed by atoms with E-state index in [0.29, 0.717) is 28.0 Å². The normalized spacial score (nSPS) is 13.9. The van der Waals surface area contributed by atoms with Crippen LogP contribution in [0.2, 0.25) is 0 Å². The summed E-state index contributed by atoms with van der Waals surface area (Å²) in [6.45, 7) is -0.581. The molecular weight excluding hydrogens is 438 g/mol. The number of aromatic nitrogens is 1. The quantitative estimate of drug-likeness (QED) is 0.420. The molecule has 0 unspecified atom stereocenters. The summed E-state index contributed by atoms with van der Waals surface area (Å²) < 4.78 is 5.92. The van der Waals surface area contributed by atoms with Crippen LogP contribution in [0.4, 0.5) is 0 Å². The molecule has 34 heavy (non-hydrogen) atoms. The Balaban J connectivity index is 1.48. The molecule has 4 N–H and O–H groups in total. The van der Waals surface area contributed by atoms with Crippen molar-refractivity contribution in [2.45, 2.75) is 38.1 Å². The van der Waals surface area contributed by atoms with Crippen molar-refractivity contribution in [1.29, 1.82) is 0 Å². The zero-order chi connectivity index (χ0) is 24.1. The van der Waals surface area contributed by atoms with Crippen molar-refractivity contribution in [3.8, 4) is 17.2 Å². The van der Waals surface area contributed by atoms with Crippen molar-refractivity contribution in [1.82, 2.24) is 15.6 Å². The van der Waals surface area contributed by atoms with Crippen molar-refractivity contribution in [2.24, 2.45) is 0 Å². The minimum Gasteiger partial charge on any atom is -0.505 e. The number of rotatable bonds is 7. The number of pyridine rings is 1. The summed E-state index contributed by atoms with van der Waals surface area (Å²) in [4.78, 5) is 39.5. The van der Waals surface area contributed by atoms with Gasteiger partial charge in [0, 0.05) is 17.0 Å². The first-order valence-electron chi connectivity index (χ1n) is 11.1. The van der Waals surface area contributed by atoms with Gasteiger partial charge in [0.1, 0.15) is 23.8 Å². The second-order valence-corrected chi connectivity index (χ2v) is 8.23. The first kappa shape index (κ1) is 23.0. The maximum Gasteiger partial charge on any atom is 0.322 e. The smallest absolute Gasteiger partial charge is 0.322 e. The van der Waals surface area contributed by atoms with E-state index in [2.05, 4.69) is 15.6 Å². The molecule has 0 bridgehead atoms. The first-order chi connectivity index (χ1) is 16.4. The Morgan fingerprint density at radius 3 is 2.50 bits per heavy atom. The maximum atomic E-state index is 12.6. The fourth-order valence-corrected chi connectivity index (χ4v) is 3.97. The van der Waals surface area contributed by atoms with Gasteiger partial charge in [-0.2, -0.15) is 0 Å². The summed E-state index contributed by atoms with van der Waals surface area (Å²) in [6, 6.07) is 13.4. The molecule has 3 aromatic rings. The Morgan fingerprint density at radius 2 is 1.74 bits per heavy atom. The number of aromatic hydroxyl groups is 1. The molecule has 2 aromatic carbocycles. The van der Waals surface area contributed by atoms with Crippen LogP contribution in [-0.2, 0) is 4.79 Å². The number of hydrogen-bond acceptors (Lipinski definition) is 6. The van der Waals surface area contributed by atoms with E-state index in [9.17, 15) is 19.5 Å². The molecule has 1 fully saturated rings. The molecule has 0 radical (unpaired) electrons. The third kappa shape index (κ3) is 5.61. The van der Waals surface area contributed by atoms with Crippen LogP contribution in [0.5, 0.6) is 17.2 Å². The third-order valence-corrected chi connectivity index (χ3v) is 5.65. The summed E-state index contributed by atoms with van der Waals surface area (Å²) in [5, 5.41) is 24.7. The zero-order valence-electron chi connectivity index (χ0n) is 18.4. The Labute approximate surface area is 195 Å². The number of carbonyl (C=O) groups excluding carboxylic acids is 2. The predicted molar refractivity (Wildman–Crippen MR) is 124 cm³/mol. The topological polar surface area (TPSA) is 138 Å². The van der Waals surface area contributed by atoms with Crippen molar-refractivity contribution in [2.75, 3.05) is 6.54 Å². The third-order valence-electron chi connectivity index (χ3n) is 5.65. The summed E-state index contributed by atoms with van der Waals surface area (Å²) in [5.41, 5.74) is 0.672. The van der Waals surface area contributed by atoms with Crippen molar-refractivity contribution >= 4 is 28.7 Å². The second-order valence-electron chi connectivity index (χ2n) is 8.23. The number of nitrogens with one attached hydrogen (secondary N) is 2. The minimum atomic E-state index is -1.20. The number of benzene rings is 2. The van der Waals surface area contributed by atoms with Gasteiger partial charge < -0.3 is 25.6 Å². The maximum absolute atomic E-state index is 12.6. The molecule has 1 aliphatic carbocycles. The monoisotopic (exact) mass is 463 g/mol. The lowest BCUT2D eigenvalue weighted by atomic mass is 9.95. The molecule has 0 atom stereocenters. The number of aliphatic carboxylic acids is 1. The summed E-state index contributed by atoms with van der Waals surface area (Å²) in [7, 11) is 0. The molecule has 1 aromatic heterocycles. The summed E-state index contributed by atoms with van der Waals surface area (Å²) in [6.07, 6.45) is 5.49. The van der Waals surface area contributed by atoms with Crippen LogP contribution in [0, 0.1) is 0 Å². The van der Waals surface area contributed by atoms with E-state index in [1.165, 1.54) is 12.5 Å². The number of amides is 2. The molecule has 4 rings (SSSR count). The van der Waals surface area contributed by atoms with Crippen LogP contribution in [0.1, 0.15) is 53.0 Å². The highest BCUT2D eigenvalue weighted by molar-refractivity contribution is 5.99. The van der Waals surface area contributed by atoms with Crippen LogP contribution < -0.4 is 15.4 Å². The van der Waals surface area contributed by atoms with E-state index < -0.39 is 18.4 Å². The Morgan fingerprint density at radius 1 is 0.971 bits per heavy atom. The van der Waals surface area contributed by atoms with Crippen LogP contribution >= 0.6 is 0 Å².